The van der Waals surface area contributed by atoms with Crippen LogP contribution in [0.15, 0.2) is 18.2 Å². The molecule has 1 unspecified atom stereocenters. The van der Waals surface area contributed by atoms with Gasteiger partial charge in [-0.1, -0.05) is 25.0 Å². The summed E-state index contributed by atoms with van der Waals surface area (Å²) in [6.45, 7) is 3.96. The summed E-state index contributed by atoms with van der Waals surface area (Å²) in [6.07, 6.45) is 4.58. The topological polar surface area (TPSA) is 64.3 Å². The third-order valence-corrected chi connectivity index (χ3v) is 3.74. The molecule has 0 radical (unpaired) electrons. The highest BCUT2D eigenvalue weighted by molar-refractivity contribution is 5.77. The van der Waals surface area contributed by atoms with Gasteiger partial charge >= 0.3 is 0 Å². The molecular formula is C16H24N2O2. The number of amides is 1. The number of nitrogens with two attached hydrogens (primary N) is 1. The Balaban J connectivity index is 1.92. The van der Waals surface area contributed by atoms with Crippen molar-refractivity contribution in [2.24, 2.45) is 5.73 Å². The van der Waals surface area contributed by atoms with Crippen molar-refractivity contribution in [3.8, 4) is 5.75 Å². The van der Waals surface area contributed by atoms with E-state index in [4.69, 9.17) is 10.5 Å². The summed E-state index contributed by atoms with van der Waals surface area (Å²) >= 11 is 0. The van der Waals surface area contributed by atoms with Gasteiger partial charge < -0.3 is 15.8 Å². The molecule has 1 atom stereocenters. The number of hydrogen-bond acceptors (Lipinski definition) is 3. The van der Waals surface area contributed by atoms with Crippen molar-refractivity contribution in [3.05, 3.63) is 29.3 Å². The Hall–Kier alpha value is -1.55. The Morgan fingerprint density at radius 1 is 1.45 bits per heavy atom. The van der Waals surface area contributed by atoms with E-state index in [1.54, 1.807) is 0 Å². The Morgan fingerprint density at radius 3 is 2.80 bits per heavy atom. The monoisotopic (exact) mass is 276 g/mol. The van der Waals surface area contributed by atoms with Crippen LogP contribution in [0.5, 0.6) is 5.75 Å². The van der Waals surface area contributed by atoms with Crippen molar-refractivity contribution in [2.75, 3.05) is 6.61 Å². The molecule has 110 valence electrons. The number of hydrogen-bond donors (Lipinski definition) is 2. The van der Waals surface area contributed by atoms with Crippen molar-refractivity contribution in [3.63, 3.8) is 0 Å². The van der Waals surface area contributed by atoms with Gasteiger partial charge in [0.2, 0.25) is 0 Å². The highest BCUT2D eigenvalue weighted by Crippen LogP contribution is 2.25. The highest BCUT2D eigenvalue weighted by atomic mass is 16.5. The van der Waals surface area contributed by atoms with Gasteiger partial charge in [0, 0.05) is 17.6 Å². The van der Waals surface area contributed by atoms with Crippen LogP contribution in [0.25, 0.3) is 0 Å². The average Bonchev–Trinajstić information content (AvgIpc) is 2.89. The summed E-state index contributed by atoms with van der Waals surface area (Å²) in [5, 5.41) is 3.02. The fourth-order valence-electron chi connectivity index (χ4n) is 2.63. The molecular weight excluding hydrogens is 252 g/mol. The maximum atomic E-state index is 11.9. The number of aryl methyl sites for hydroxylation is 1. The van der Waals surface area contributed by atoms with Crippen molar-refractivity contribution in [1.82, 2.24) is 5.32 Å². The molecule has 1 fully saturated rings. The van der Waals surface area contributed by atoms with Gasteiger partial charge in [-0.15, -0.1) is 0 Å². The first-order chi connectivity index (χ1) is 9.56. The number of benzene rings is 1. The van der Waals surface area contributed by atoms with Crippen molar-refractivity contribution < 1.29 is 9.53 Å². The third-order valence-electron chi connectivity index (χ3n) is 3.74. The van der Waals surface area contributed by atoms with E-state index < -0.39 is 0 Å². The van der Waals surface area contributed by atoms with Crippen LogP contribution in [0.4, 0.5) is 0 Å². The van der Waals surface area contributed by atoms with E-state index in [1.165, 1.54) is 12.8 Å². The second-order valence-corrected chi connectivity index (χ2v) is 5.67. The lowest BCUT2D eigenvalue weighted by molar-refractivity contribution is -0.123. The van der Waals surface area contributed by atoms with Gasteiger partial charge in [-0.2, -0.15) is 0 Å². The van der Waals surface area contributed by atoms with Gasteiger partial charge in [-0.3, -0.25) is 4.79 Å². The molecule has 1 aromatic carbocycles. The molecule has 4 nitrogen and oxygen atoms in total. The quantitative estimate of drug-likeness (QED) is 0.868. The van der Waals surface area contributed by atoms with Gasteiger partial charge in [0.05, 0.1) is 0 Å². The molecule has 0 heterocycles. The predicted molar refractivity (Wildman–Crippen MR) is 79.7 cm³/mol. The van der Waals surface area contributed by atoms with Crippen LogP contribution in [-0.4, -0.2) is 18.6 Å². The lowest BCUT2D eigenvalue weighted by Crippen LogP contribution is -2.36. The highest BCUT2D eigenvalue weighted by Gasteiger charge is 2.17. The van der Waals surface area contributed by atoms with Crippen LogP contribution in [-0.2, 0) is 4.79 Å². The third kappa shape index (κ3) is 3.97. The first kappa shape index (κ1) is 14.9. The van der Waals surface area contributed by atoms with E-state index in [2.05, 4.69) is 5.32 Å². The molecule has 1 saturated carbocycles. The van der Waals surface area contributed by atoms with Gasteiger partial charge in [-0.05, 0) is 38.3 Å². The SMILES string of the molecule is Cc1ccc(C(C)N)c(OCC(=O)NC2CCCC2)c1. The minimum atomic E-state index is -0.108. The van der Waals surface area contributed by atoms with E-state index in [1.807, 2.05) is 32.0 Å². The smallest absolute Gasteiger partial charge is 0.258 e. The molecule has 0 aromatic heterocycles. The number of carbonyl (C=O) groups excluding carboxylic acids is 1. The summed E-state index contributed by atoms with van der Waals surface area (Å²) in [6, 6.07) is 6.12. The summed E-state index contributed by atoms with van der Waals surface area (Å²) in [5.74, 6) is 0.663. The standard InChI is InChI=1S/C16H24N2O2/c1-11-7-8-14(12(2)17)15(9-11)20-10-16(19)18-13-5-3-4-6-13/h7-9,12-13H,3-6,10,17H2,1-2H3,(H,18,19). The van der Waals surface area contributed by atoms with Crippen molar-refractivity contribution in [2.45, 2.75) is 51.6 Å². The summed E-state index contributed by atoms with van der Waals surface area (Å²) in [7, 11) is 0. The Kier molecular flexibility index (Phi) is 5.01. The molecule has 3 N–H and O–H groups in total. The minimum absolute atomic E-state index is 0.0472. The summed E-state index contributed by atoms with van der Waals surface area (Å²) in [4.78, 5) is 11.9. The molecule has 1 amide bonds. The van der Waals surface area contributed by atoms with Gasteiger partial charge in [0.25, 0.3) is 5.91 Å². The normalized spacial score (nSPS) is 16.9. The van der Waals surface area contributed by atoms with E-state index in [9.17, 15) is 4.79 Å². The number of ether oxygens (including phenoxy) is 1. The van der Waals surface area contributed by atoms with Crippen LogP contribution in [0.3, 0.4) is 0 Å². The van der Waals surface area contributed by atoms with E-state index in [0.29, 0.717) is 11.8 Å². The zero-order chi connectivity index (χ0) is 14.5. The first-order valence-corrected chi connectivity index (χ1v) is 7.34. The minimum Gasteiger partial charge on any atom is -0.483 e. The van der Waals surface area contributed by atoms with Crippen LogP contribution >= 0.6 is 0 Å². The van der Waals surface area contributed by atoms with Crippen molar-refractivity contribution >= 4 is 5.91 Å². The van der Waals surface area contributed by atoms with E-state index in [0.717, 1.165) is 24.0 Å². The largest absolute Gasteiger partial charge is 0.483 e. The molecule has 1 aliphatic rings. The molecule has 4 heteroatoms. The second-order valence-electron chi connectivity index (χ2n) is 5.67. The molecule has 20 heavy (non-hydrogen) atoms. The van der Waals surface area contributed by atoms with Gasteiger partial charge in [0.15, 0.2) is 6.61 Å². The van der Waals surface area contributed by atoms with Crippen LogP contribution in [0.1, 0.15) is 49.8 Å². The van der Waals surface area contributed by atoms with Gasteiger partial charge in [0.1, 0.15) is 5.75 Å². The number of carbonyl (C=O) groups is 1. The fraction of sp³-hybridized carbons (Fsp3) is 0.562. The number of nitrogens with one attached hydrogen (secondary N) is 1. The van der Waals surface area contributed by atoms with E-state index in [-0.39, 0.29) is 18.6 Å². The number of rotatable bonds is 5. The first-order valence-electron chi connectivity index (χ1n) is 7.34. The average molecular weight is 276 g/mol. The van der Waals surface area contributed by atoms with Crippen LogP contribution in [0.2, 0.25) is 0 Å². The maximum Gasteiger partial charge on any atom is 0.258 e. The maximum absolute atomic E-state index is 11.9. The molecule has 0 saturated heterocycles. The molecule has 0 bridgehead atoms. The molecule has 2 rings (SSSR count). The Labute approximate surface area is 120 Å². The zero-order valence-corrected chi connectivity index (χ0v) is 12.3. The zero-order valence-electron chi connectivity index (χ0n) is 12.3. The Bertz CT molecular complexity index is 466. The predicted octanol–water partition coefficient (Wildman–Crippen LogP) is 2.45. The second kappa shape index (κ2) is 6.75. The fourth-order valence-corrected chi connectivity index (χ4v) is 2.63. The molecule has 0 aliphatic heterocycles. The Morgan fingerprint density at radius 2 is 2.15 bits per heavy atom. The van der Waals surface area contributed by atoms with E-state index >= 15 is 0 Å². The van der Waals surface area contributed by atoms with Crippen LogP contribution in [0, 0.1) is 6.92 Å². The molecule has 1 aliphatic carbocycles. The lowest BCUT2D eigenvalue weighted by atomic mass is 10.1. The van der Waals surface area contributed by atoms with Crippen LogP contribution < -0.4 is 15.8 Å². The van der Waals surface area contributed by atoms with Crippen molar-refractivity contribution in [1.29, 1.82) is 0 Å². The summed E-state index contributed by atoms with van der Waals surface area (Å²) in [5.41, 5.74) is 7.95. The van der Waals surface area contributed by atoms with Gasteiger partial charge in [-0.25, -0.2) is 0 Å². The molecule has 1 aromatic rings. The lowest BCUT2D eigenvalue weighted by Gasteiger charge is -2.16. The molecule has 0 spiro atoms. The summed E-state index contributed by atoms with van der Waals surface area (Å²) < 4.78 is 5.66.